The van der Waals surface area contributed by atoms with Crippen LogP contribution in [0.5, 0.6) is 0 Å². The van der Waals surface area contributed by atoms with Crippen molar-refractivity contribution in [2.45, 2.75) is 6.92 Å². The van der Waals surface area contributed by atoms with Crippen LogP contribution >= 0.6 is 0 Å². The van der Waals surface area contributed by atoms with E-state index in [0.29, 0.717) is 0 Å². The fraction of sp³-hybridized carbons (Fsp3) is 0.0370. The van der Waals surface area contributed by atoms with E-state index in [1.54, 1.807) is 0 Å². The van der Waals surface area contributed by atoms with Crippen molar-refractivity contribution >= 4 is 32.9 Å². The Bertz CT molecular complexity index is 1270. The minimum absolute atomic E-state index is 1.09. The quantitative estimate of drug-likeness (QED) is 0.325. The fourth-order valence-corrected chi connectivity index (χ4v) is 3.81. The highest BCUT2D eigenvalue weighted by Gasteiger charge is 2.06. The maximum absolute atomic E-state index is 3.63. The number of hydrogen-bond donors (Lipinski definition) is 1. The van der Waals surface area contributed by atoms with Crippen molar-refractivity contribution in [2.75, 3.05) is 5.32 Å². The van der Waals surface area contributed by atoms with Gasteiger partial charge in [0.15, 0.2) is 0 Å². The van der Waals surface area contributed by atoms with E-state index < -0.39 is 0 Å². The molecule has 0 aliphatic carbocycles. The topological polar surface area (TPSA) is 12.0 Å². The van der Waals surface area contributed by atoms with Gasteiger partial charge in [0.1, 0.15) is 0 Å². The molecule has 0 atom stereocenters. The Labute approximate surface area is 165 Å². The molecule has 1 heteroatoms. The summed E-state index contributed by atoms with van der Waals surface area (Å²) >= 11 is 0. The number of aryl methyl sites for hydroxylation is 1. The number of nitrogens with one attached hydrogen (secondary N) is 1. The average Bonchev–Trinajstić information content (AvgIpc) is 2.75. The van der Waals surface area contributed by atoms with Crippen molar-refractivity contribution in [1.29, 1.82) is 0 Å². The molecule has 28 heavy (non-hydrogen) atoms. The van der Waals surface area contributed by atoms with E-state index in [2.05, 4.69) is 115 Å². The van der Waals surface area contributed by atoms with Gasteiger partial charge in [0.05, 0.1) is 0 Å². The predicted molar refractivity (Wildman–Crippen MR) is 121 cm³/mol. The van der Waals surface area contributed by atoms with Gasteiger partial charge >= 0.3 is 0 Å². The van der Waals surface area contributed by atoms with E-state index in [1.807, 2.05) is 0 Å². The largest absolute Gasteiger partial charge is 0.355 e. The molecule has 0 saturated carbocycles. The van der Waals surface area contributed by atoms with Crippen molar-refractivity contribution in [3.63, 3.8) is 0 Å². The molecule has 5 aromatic rings. The lowest BCUT2D eigenvalue weighted by Gasteiger charge is -2.13. The number of benzene rings is 5. The lowest BCUT2D eigenvalue weighted by molar-refractivity contribution is 1.47. The number of hydrogen-bond acceptors (Lipinski definition) is 1. The average molecular weight is 359 g/mol. The van der Waals surface area contributed by atoms with Crippen LogP contribution in [-0.2, 0) is 0 Å². The van der Waals surface area contributed by atoms with Crippen LogP contribution in [0.4, 0.5) is 11.4 Å². The van der Waals surface area contributed by atoms with Crippen molar-refractivity contribution in [2.24, 2.45) is 0 Å². The standard InChI is InChI=1S/C27H21N/c1-19-9-11-20(12-10-19)21-15-17-24(18-16-21)28-26-8-4-6-23-14-13-22-5-2-3-7-25(22)27(23)26/h2-18,28H,1H3. The van der Waals surface area contributed by atoms with Crippen LogP contribution in [0, 0.1) is 6.92 Å². The Hall–Kier alpha value is -3.58. The van der Waals surface area contributed by atoms with E-state index in [9.17, 15) is 0 Å². The van der Waals surface area contributed by atoms with Gasteiger partial charge in [-0.1, -0.05) is 90.5 Å². The zero-order chi connectivity index (χ0) is 18.9. The summed E-state index contributed by atoms with van der Waals surface area (Å²) in [7, 11) is 0. The van der Waals surface area contributed by atoms with Crippen molar-refractivity contribution in [3.8, 4) is 11.1 Å². The van der Waals surface area contributed by atoms with Crippen LogP contribution in [-0.4, -0.2) is 0 Å². The van der Waals surface area contributed by atoms with Crippen molar-refractivity contribution < 1.29 is 0 Å². The van der Waals surface area contributed by atoms with Gasteiger partial charge in [0, 0.05) is 16.8 Å². The summed E-state index contributed by atoms with van der Waals surface area (Å²) in [5.74, 6) is 0. The summed E-state index contributed by atoms with van der Waals surface area (Å²) in [5, 5.41) is 8.68. The zero-order valence-electron chi connectivity index (χ0n) is 15.8. The third-order valence-corrected chi connectivity index (χ3v) is 5.32. The van der Waals surface area contributed by atoms with Crippen molar-refractivity contribution in [3.05, 3.63) is 109 Å². The fourth-order valence-electron chi connectivity index (χ4n) is 3.81. The van der Waals surface area contributed by atoms with Gasteiger partial charge in [0.25, 0.3) is 0 Å². The lowest BCUT2D eigenvalue weighted by atomic mass is 10.00. The highest BCUT2D eigenvalue weighted by molar-refractivity contribution is 6.13. The van der Waals surface area contributed by atoms with Crippen LogP contribution in [0.1, 0.15) is 5.56 Å². The zero-order valence-corrected chi connectivity index (χ0v) is 15.8. The molecule has 0 saturated heterocycles. The molecule has 0 fully saturated rings. The Balaban J connectivity index is 1.53. The summed E-state index contributed by atoms with van der Waals surface area (Å²) in [6.45, 7) is 2.12. The van der Waals surface area contributed by atoms with Gasteiger partial charge in [-0.2, -0.15) is 0 Å². The molecule has 0 aromatic heterocycles. The smallest absolute Gasteiger partial charge is 0.0470 e. The first-order valence-corrected chi connectivity index (χ1v) is 9.62. The van der Waals surface area contributed by atoms with Crippen LogP contribution in [0.2, 0.25) is 0 Å². The van der Waals surface area contributed by atoms with E-state index in [0.717, 1.165) is 11.4 Å². The monoisotopic (exact) mass is 359 g/mol. The number of rotatable bonds is 3. The molecule has 0 amide bonds. The molecule has 0 unspecified atom stereocenters. The van der Waals surface area contributed by atoms with E-state index in [1.165, 1.54) is 38.2 Å². The van der Waals surface area contributed by atoms with Crippen LogP contribution in [0.3, 0.4) is 0 Å². The summed E-state index contributed by atoms with van der Waals surface area (Å²) in [5.41, 5.74) is 5.99. The maximum atomic E-state index is 3.63. The molecule has 0 aliphatic rings. The summed E-state index contributed by atoms with van der Waals surface area (Å²) < 4.78 is 0. The molecule has 0 aliphatic heterocycles. The Morgan fingerprint density at radius 2 is 1.18 bits per heavy atom. The van der Waals surface area contributed by atoms with Gasteiger partial charge in [-0.3, -0.25) is 0 Å². The normalized spacial score (nSPS) is 11.0. The Kier molecular flexibility index (Phi) is 4.06. The van der Waals surface area contributed by atoms with E-state index >= 15 is 0 Å². The SMILES string of the molecule is Cc1ccc(-c2ccc(Nc3cccc4ccc5ccccc5c34)cc2)cc1. The molecule has 1 nitrogen and oxygen atoms in total. The van der Waals surface area contributed by atoms with Gasteiger partial charge in [-0.15, -0.1) is 0 Å². The summed E-state index contributed by atoms with van der Waals surface area (Å²) in [6.07, 6.45) is 0. The molecule has 5 rings (SSSR count). The maximum Gasteiger partial charge on any atom is 0.0470 e. The molecular weight excluding hydrogens is 338 g/mol. The second kappa shape index (κ2) is 6.86. The van der Waals surface area contributed by atoms with E-state index in [4.69, 9.17) is 0 Å². The summed E-state index contributed by atoms with van der Waals surface area (Å²) in [6, 6.07) is 36.7. The van der Waals surface area contributed by atoms with Gasteiger partial charge in [-0.05, 0) is 52.4 Å². The third kappa shape index (κ3) is 3.01. The second-order valence-corrected chi connectivity index (χ2v) is 7.26. The molecule has 5 aromatic carbocycles. The Morgan fingerprint density at radius 3 is 1.96 bits per heavy atom. The molecule has 134 valence electrons. The highest BCUT2D eigenvalue weighted by atomic mass is 14.9. The van der Waals surface area contributed by atoms with Crippen molar-refractivity contribution in [1.82, 2.24) is 0 Å². The highest BCUT2D eigenvalue weighted by Crippen LogP contribution is 2.33. The van der Waals surface area contributed by atoms with E-state index in [-0.39, 0.29) is 0 Å². The minimum Gasteiger partial charge on any atom is -0.355 e. The third-order valence-electron chi connectivity index (χ3n) is 5.32. The molecular formula is C27H21N. The molecule has 0 heterocycles. The number of fused-ring (bicyclic) bond motifs is 3. The number of anilines is 2. The minimum atomic E-state index is 1.09. The molecule has 0 radical (unpaired) electrons. The van der Waals surface area contributed by atoms with Gasteiger partial charge in [0.2, 0.25) is 0 Å². The Morgan fingerprint density at radius 1 is 0.536 bits per heavy atom. The second-order valence-electron chi connectivity index (χ2n) is 7.26. The first-order valence-electron chi connectivity index (χ1n) is 9.62. The lowest BCUT2D eigenvalue weighted by Crippen LogP contribution is -1.92. The molecule has 1 N–H and O–H groups in total. The first-order chi connectivity index (χ1) is 13.8. The predicted octanol–water partition coefficient (Wildman–Crippen LogP) is 7.71. The van der Waals surface area contributed by atoms with Crippen LogP contribution in [0.15, 0.2) is 103 Å². The molecule has 0 bridgehead atoms. The summed E-state index contributed by atoms with van der Waals surface area (Å²) in [4.78, 5) is 0. The van der Waals surface area contributed by atoms with Gasteiger partial charge in [-0.25, -0.2) is 0 Å². The molecule has 0 spiro atoms. The van der Waals surface area contributed by atoms with Crippen LogP contribution in [0.25, 0.3) is 32.7 Å². The van der Waals surface area contributed by atoms with Crippen LogP contribution < -0.4 is 5.32 Å². The van der Waals surface area contributed by atoms with Gasteiger partial charge < -0.3 is 5.32 Å². The first kappa shape index (κ1) is 16.6.